The van der Waals surface area contributed by atoms with Crippen LogP contribution >= 0.6 is 23.2 Å². The highest BCUT2D eigenvalue weighted by Gasteiger charge is 2.15. The van der Waals surface area contributed by atoms with E-state index in [4.69, 9.17) is 23.2 Å². The molecule has 0 aliphatic carbocycles. The number of nitrogens with one attached hydrogen (secondary N) is 1. The summed E-state index contributed by atoms with van der Waals surface area (Å²) < 4.78 is 0. The largest absolute Gasteiger partial charge is 0.354 e. The second-order valence-corrected chi connectivity index (χ2v) is 6.21. The average Bonchev–Trinajstić information content (AvgIpc) is 2.47. The Bertz CT molecular complexity index is 636. The summed E-state index contributed by atoms with van der Waals surface area (Å²) in [6.45, 7) is 4.01. The molecule has 5 nitrogen and oxygen atoms in total. The molecule has 2 heterocycles. The van der Waals surface area contributed by atoms with Crippen LogP contribution in [-0.2, 0) is 0 Å². The van der Waals surface area contributed by atoms with Crippen LogP contribution in [0.25, 0.3) is 0 Å². The molecule has 0 spiro atoms. The van der Waals surface area contributed by atoms with Crippen molar-refractivity contribution in [1.29, 1.82) is 0 Å². The summed E-state index contributed by atoms with van der Waals surface area (Å²) in [6.07, 6.45) is 1.57. The molecule has 0 amide bonds. The number of hydrogen-bond donors (Lipinski definition) is 1. The molecule has 0 unspecified atom stereocenters. The maximum absolute atomic E-state index is 6.01. The molecule has 0 atom stereocenters. The van der Waals surface area contributed by atoms with Crippen LogP contribution in [0.15, 0.2) is 30.6 Å². The summed E-state index contributed by atoms with van der Waals surface area (Å²) in [6, 6.07) is 7.26. The van der Waals surface area contributed by atoms with E-state index in [2.05, 4.69) is 32.1 Å². The molecular weight excluding hydrogens is 321 g/mol. The van der Waals surface area contributed by atoms with Crippen molar-refractivity contribution in [2.75, 3.05) is 43.4 Å². The quantitative estimate of drug-likeness (QED) is 0.931. The molecule has 7 heteroatoms. The Hall–Kier alpha value is -1.56. The highest BCUT2D eigenvalue weighted by molar-refractivity contribution is 6.35. The first kappa shape index (κ1) is 15.3. The Kier molecular flexibility index (Phi) is 4.66. The van der Waals surface area contributed by atoms with E-state index in [-0.39, 0.29) is 0 Å². The maximum Gasteiger partial charge on any atom is 0.135 e. The van der Waals surface area contributed by atoms with E-state index in [0.29, 0.717) is 10.0 Å². The fraction of sp³-hybridized carbons (Fsp3) is 0.333. The molecule has 22 heavy (non-hydrogen) atoms. The van der Waals surface area contributed by atoms with Crippen LogP contribution in [0.1, 0.15) is 0 Å². The molecule has 0 bridgehead atoms. The van der Waals surface area contributed by atoms with Crippen LogP contribution in [0.4, 0.5) is 17.3 Å². The summed E-state index contributed by atoms with van der Waals surface area (Å²) in [5, 5.41) is 4.39. The lowest BCUT2D eigenvalue weighted by Gasteiger charge is -2.33. The summed E-state index contributed by atoms with van der Waals surface area (Å²) >= 11 is 12.0. The van der Waals surface area contributed by atoms with Crippen molar-refractivity contribution in [3.63, 3.8) is 0 Å². The van der Waals surface area contributed by atoms with Crippen molar-refractivity contribution in [3.05, 3.63) is 40.6 Å². The lowest BCUT2D eigenvalue weighted by atomic mass is 10.3. The van der Waals surface area contributed by atoms with Crippen molar-refractivity contribution in [2.24, 2.45) is 0 Å². The van der Waals surface area contributed by atoms with Crippen LogP contribution in [0.3, 0.4) is 0 Å². The topological polar surface area (TPSA) is 44.3 Å². The number of benzene rings is 1. The van der Waals surface area contributed by atoms with E-state index < -0.39 is 0 Å². The van der Waals surface area contributed by atoms with Gasteiger partial charge in [-0.1, -0.05) is 23.2 Å². The predicted octanol–water partition coefficient (Wildman–Crippen LogP) is 3.28. The van der Waals surface area contributed by atoms with E-state index in [1.807, 2.05) is 18.2 Å². The van der Waals surface area contributed by atoms with Crippen molar-refractivity contribution in [2.45, 2.75) is 0 Å². The number of rotatable bonds is 3. The number of likely N-dealkylation sites (N-methyl/N-ethyl adjacent to an activating group) is 1. The zero-order chi connectivity index (χ0) is 15.5. The van der Waals surface area contributed by atoms with Crippen molar-refractivity contribution in [1.82, 2.24) is 14.9 Å². The zero-order valence-electron chi connectivity index (χ0n) is 12.3. The minimum atomic E-state index is 0.586. The minimum Gasteiger partial charge on any atom is -0.354 e. The van der Waals surface area contributed by atoms with Crippen LogP contribution < -0.4 is 10.2 Å². The Morgan fingerprint density at radius 2 is 1.64 bits per heavy atom. The number of nitrogens with zero attached hydrogens (tertiary/aromatic N) is 4. The van der Waals surface area contributed by atoms with E-state index >= 15 is 0 Å². The first-order chi connectivity index (χ1) is 10.6. The molecule has 0 radical (unpaired) electrons. The van der Waals surface area contributed by atoms with Crippen molar-refractivity contribution < 1.29 is 0 Å². The molecule has 1 aromatic heterocycles. The van der Waals surface area contributed by atoms with Crippen LogP contribution in [0.5, 0.6) is 0 Å². The molecule has 1 saturated heterocycles. The average molecular weight is 338 g/mol. The Labute approximate surface area is 139 Å². The fourth-order valence-corrected chi connectivity index (χ4v) is 2.92. The second-order valence-electron chi connectivity index (χ2n) is 5.33. The van der Waals surface area contributed by atoms with Gasteiger partial charge in [-0.2, -0.15) is 0 Å². The number of halogens is 2. The second kappa shape index (κ2) is 6.69. The lowest BCUT2D eigenvalue weighted by Crippen LogP contribution is -2.44. The molecule has 3 rings (SSSR count). The molecule has 1 aliphatic rings. The summed E-state index contributed by atoms with van der Waals surface area (Å²) in [7, 11) is 2.13. The van der Waals surface area contributed by atoms with Gasteiger partial charge in [-0.3, -0.25) is 0 Å². The number of anilines is 3. The van der Waals surface area contributed by atoms with Crippen molar-refractivity contribution in [3.8, 4) is 0 Å². The predicted molar refractivity (Wildman–Crippen MR) is 91.5 cm³/mol. The van der Waals surface area contributed by atoms with Gasteiger partial charge in [0.2, 0.25) is 0 Å². The highest BCUT2D eigenvalue weighted by Crippen LogP contribution is 2.25. The lowest BCUT2D eigenvalue weighted by molar-refractivity contribution is 0.312. The summed E-state index contributed by atoms with van der Waals surface area (Å²) in [5.41, 5.74) is 0.806. The highest BCUT2D eigenvalue weighted by atomic mass is 35.5. The van der Waals surface area contributed by atoms with E-state index in [1.165, 1.54) is 0 Å². The summed E-state index contributed by atoms with van der Waals surface area (Å²) in [4.78, 5) is 13.2. The van der Waals surface area contributed by atoms with Crippen LogP contribution in [0, 0.1) is 0 Å². The molecule has 1 aliphatic heterocycles. The van der Waals surface area contributed by atoms with E-state index in [0.717, 1.165) is 43.5 Å². The van der Waals surface area contributed by atoms with Gasteiger partial charge < -0.3 is 15.1 Å². The Morgan fingerprint density at radius 3 is 2.32 bits per heavy atom. The van der Waals surface area contributed by atoms with Gasteiger partial charge in [0.25, 0.3) is 0 Å². The van der Waals surface area contributed by atoms with Gasteiger partial charge in [0, 0.05) is 48.0 Å². The molecule has 0 saturated carbocycles. The van der Waals surface area contributed by atoms with E-state index in [9.17, 15) is 0 Å². The van der Waals surface area contributed by atoms with Gasteiger partial charge in [0.15, 0.2) is 0 Å². The number of aromatic nitrogens is 2. The third-order valence-corrected chi connectivity index (χ3v) is 4.05. The van der Waals surface area contributed by atoms with E-state index in [1.54, 1.807) is 12.4 Å². The number of hydrogen-bond acceptors (Lipinski definition) is 5. The zero-order valence-corrected chi connectivity index (χ0v) is 13.8. The van der Waals surface area contributed by atoms with Gasteiger partial charge >= 0.3 is 0 Å². The standard InChI is InChI=1S/C15H17Cl2N5/c1-21-2-4-22(5-3-21)15-9-14(18-10-19-15)20-13-7-11(16)6-12(17)8-13/h6-10H,2-5H2,1H3,(H,18,19,20). The monoisotopic (exact) mass is 337 g/mol. The smallest absolute Gasteiger partial charge is 0.135 e. The van der Waals surface area contributed by atoms with Crippen LogP contribution in [0.2, 0.25) is 10.0 Å². The molecule has 1 fully saturated rings. The van der Waals surface area contributed by atoms with Gasteiger partial charge in [-0.15, -0.1) is 0 Å². The van der Waals surface area contributed by atoms with Crippen molar-refractivity contribution >= 4 is 40.5 Å². The first-order valence-corrected chi connectivity index (χ1v) is 7.84. The maximum atomic E-state index is 6.01. The first-order valence-electron chi connectivity index (χ1n) is 7.09. The fourth-order valence-electron chi connectivity index (χ4n) is 2.40. The molecule has 1 N–H and O–H groups in total. The Balaban J connectivity index is 1.76. The third kappa shape index (κ3) is 3.80. The van der Waals surface area contributed by atoms with Gasteiger partial charge in [0.05, 0.1) is 0 Å². The summed E-state index contributed by atoms with van der Waals surface area (Å²) in [5.74, 6) is 1.65. The molecule has 2 aromatic rings. The minimum absolute atomic E-state index is 0.586. The normalized spacial score (nSPS) is 15.9. The third-order valence-electron chi connectivity index (χ3n) is 3.61. The van der Waals surface area contributed by atoms with Gasteiger partial charge in [0.1, 0.15) is 18.0 Å². The molecule has 1 aromatic carbocycles. The SMILES string of the molecule is CN1CCN(c2cc(Nc3cc(Cl)cc(Cl)c3)ncn2)CC1. The molecule has 116 valence electrons. The van der Waals surface area contributed by atoms with Crippen LogP contribution in [-0.4, -0.2) is 48.1 Å². The Morgan fingerprint density at radius 1 is 0.955 bits per heavy atom. The van der Waals surface area contributed by atoms with Gasteiger partial charge in [-0.05, 0) is 25.2 Å². The number of piperazine rings is 1. The van der Waals surface area contributed by atoms with Gasteiger partial charge in [-0.25, -0.2) is 9.97 Å². The molecular formula is C15H17Cl2N5.